The molecule has 0 aromatic heterocycles. The Kier molecular flexibility index (Phi) is 3.34. The lowest BCUT2D eigenvalue weighted by Crippen LogP contribution is -2.57. The van der Waals surface area contributed by atoms with Crippen molar-refractivity contribution < 1.29 is 0 Å². The second kappa shape index (κ2) is 4.75. The summed E-state index contributed by atoms with van der Waals surface area (Å²) in [5, 5.41) is 11.8. The molecule has 0 unspecified atom stereocenters. The molecule has 0 radical (unpaired) electrons. The Morgan fingerprint density at radius 2 is 2.11 bits per heavy atom. The van der Waals surface area contributed by atoms with Crippen molar-refractivity contribution in [3.05, 3.63) is 23.3 Å². The van der Waals surface area contributed by atoms with Crippen LogP contribution in [0.1, 0.15) is 44.9 Å². The number of halogens is 1. The normalized spacial score (nSPS) is 40.3. The van der Waals surface area contributed by atoms with Crippen LogP contribution >= 0.6 is 12.4 Å². The Bertz CT molecular complexity index is 461. The van der Waals surface area contributed by atoms with Gasteiger partial charge in [0.1, 0.15) is 0 Å². The second-order valence-electron chi connectivity index (χ2n) is 6.56. The number of nitrogens with one attached hydrogen (secondary N) is 2. The average molecular weight is 279 g/mol. The molecule has 19 heavy (non-hydrogen) atoms. The maximum atomic E-state index is 8.01. The van der Waals surface area contributed by atoms with E-state index in [0.717, 1.165) is 24.1 Å². The van der Waals surface area contributed by atoms with E-state index < -0.39 is 0 Å². The van der Waals surface area contributed by atoms with Gasteiger partial charge in [0.05, 0.1) is 0 Å². The summed E-state index contributed by atoms with van der Waals surface area (Å²) >= 11 is 0. The van der Waals surface area contributed by atoms with E-state index in [1.54, 1.807) is 11.1 Å². The summed E-state index contributed by atoms with van der Waals surface area (Å²) < 4.78 is 0. The summed E-state index contributed by atoms with van der Waals surface area (Å²) in [6.07, 6.45) is 13.3. The Morgan fingerprint density at radius 1 is 1.21 bits per heavy atom. The van der Waals surface area contributed by atoms with Crippen LogP contribution in [0.4, 0.5) is 0 Å². The number of hydrogen-bond donors (Lipinski definition) is 2. The molecule has 0 amide bonds. The molecule has 2 bridgehead atoms. The van der Waals surface area contributed by atoms with Crippen molar-refractivity contribution in [2.75, 3.05) is 6.54 Å². The van der Waals surface area contributed by atoms with Gasteiger partial charge < -0.3 is 10.7 Å². The second-order valence-corrected chi connectivity index (χ2v) is 6.56. The van der Waals surface area contributed by atoms with Crippen molar-refractivity contribution in [3.63, 3.8) is 0 Å². The fourth-order valence-electron chi connectivity index (χ4n) is 5.11. The Morgan fingerprint density at radius 3 is 3.00 bits per heavy atom. The van der Waals surface area contributed by atoms with Crippen LogP contribution in [0.2, 0.25) is 0 Å². The first-order valence-corrected chi connectivity index (χ1v) is 7.51. The molecule has 0 spiro atoms. The van der Waals surface area contributed by atoms with E-state index in [4.69, 9.17) is 5.41 Å². The molecule has 2 nitrogen and oxygen atoms in total. The predicted molar refractivity (Wildman–Crippen MR) is 81.2 cm³/mol. The molecule has 104 valence electrons. The van der Waals surface area contributed by atoms with Crippen LogP contribution in [0.25, 0.3) is 0 Å². The van der Waals surface area contributed by atoms with Gasteiger partial charge >= 0.3 is 0 Å². The van der Waals surface area contributed by atoms with Gasteiger partial charge in [-0.1, -0.05) is 24.5 Å². The van der Waals surface area contributed by atoms with E-state index in [1.807, 2.05) is 6.08 Å². The Balaban J connectivity index is 0.00000110. The van der Waals surface area contributed by atoms with E-state index in [2.05, 4.69) is 11.4 Å². The van der Waals surface area contributed by atoms with Crippen LogP contribution in [0.3, 0.4) is 0 Å². The van der Waals surface area contributed by atoms with E-state index >= 15 is 0 Å². The van der Waals surface area contributed by atoms with Gasteiger partial charge in [0.25, 0.3) is 0 Å². The fourth-order valence-corrected chi connectivity index (χ4v) is 5.11. The van der Waals surface area contributed by atoms with Crippen molar-refractivity contribution in [1.29, 1.82) is 5.41 Å². The number of piperidine rings is 1. The molecule has 1 aliphatic heterocycles. The molecule has 1 saturated heterocycles. The minimum atomic E-state index is 0. The van der Waals surface area contributed by atoms with Gasteiger partial charge in [-0.25, -0.2) is 0 Å². The molecule has 0 aromatic carbocycles. The average Bonchev–Trinajstić information content (AvgIpc) is 2.40. The number of rotatable bonds is 0. The fraction of sp³-hybridized carbons (Fsp3) is 0.688. The molecule has 0 aromatic rings. The Labute approximate surface area is 121 Å². The van der Waals surface area contributed by atoms with Crippen molar-refractivity contribution in [3.8, 4) is 0 Å². The van der Waals surface area contributed by atoms with Gasteiger partial charge in [-0.05, 0) is 55.2 Å². The van der Waals surface area contributed by atoms with Gasteiger partial charge in [-0.15, -0.1) is 12.4 Å². The molecular weight excluding hydrogens is 256 g/mol. The smallest absolute Gasteiger partial charge is 0.0354 e. The van der Waals surface area contributed by atoms with Gasteiger partial charge in [0, 0.05) is 18.2 Å². The van der Waals surface area contributed by atoms with E-state index in [1.165, 1.54) is 45.1 Å². The third kappa shape index (κ3) is 1.84. The number of hydrogen-bond acceptors (Lipinski definition) is 2. The van der Waals surface area contributed by atoms with E-state index in [9.17, 15) is 0 Å². The molecule has 1 heterocycles. The van der Waals surface area contributed by atoms with Crippen molar-refractivity contribution >= 4 is 18.1 Å². The SMILES string of the molecule is Cl.N=C1C=CC2=C(C1)[C@@]13CCCC[C@H]1[C@@H](C2)NCC3. The highest BCUT2D eigenvalue weighted by Gasteiger charge is 2.52. The lowest BCUT2D eigenvalue weighted by Gasteiger charge is -2.57. The molecule has 3 atom stereocenters. The summed E-state index contributed by atoms with van der Waals surface area (Å²) in [5.74, 6) is 0.859. The first-order valence-electron chi connectivity index (χ1n) is 7.51. The van der Waals surface area contributed by atoms with Gasteiger partial charge in [0.15, 0.2) is 0 Å². The first-order chi connectivity index (χ1) is 8.79. The predicted octanol–water partition coefficient (Wildman–Crippen LogP) is 3.63. The molecule has 4 aliphatic rings. The van der Waals surface area contributed by atoms with Crippen molar-refractivity contribution in [2.45, 2.75) is 51.0 Å². The summed E-state index contributed by atoms with van der Waals surface area (Å²) in [7, 11) is 0. The molecule has 3 aliphatic carbocycles. The molecule has 1 saturated carbocycles. The topological polar surface area (TPSA) is 35.9 Å². The van der Waals surface area contributed by atoms with Crippen LogP contribution in [0.5, 0.6) is 0 Å². The zero-order chi connectivity index (χ0) is 12.2. The van der Waals surface area contributed by atoms with E-state index in [0.29, 0.717) is 5.41 Å². The van der Waals surface area contributed by atoms with Crippen LogP contribution < -0.4 is 5.32 Å². The quantitative estimate of drug-likeness (QED) is 0.697. The van der Waals surface area contributed by atoms with Crippen LogP contribution in [-0.4, -0.2) is 18.3 Å². The maximum absolute atomic E-state index is 8.01. The largest absolute Gasteiger partial charge is 0.313 e. The summed E-state index contributed by atoms with van der Waals surface area (Å²) in [5.41, 5.74) is 4.53. The maximum Gasteiger partial charge on any atom is 0.0354 e. The lowest BCUT2D eigenvalue weighted by molar-refractivity contribution is 0.0426. The summed E-state index contributed by atoms with van der Waals surface area (Å²) in [6.45, 7) is 1.19. The van der Waals surface area contributed by atoms with Crippen molar-refractivity contribution in [2.24, 2.45) is 11.3 Å². The van der Waals surface area contributed by atoms with Crippen LogP contribution in [0, 0.1) is 16.7 Å². The number of allylic oxidation sites excluding steroid dienone is 3. The Hall–Kier alpha value is -0.600. The standard InChI is InChI=1S/C16H22N2.ClH/c17-12-5-4-11-9-15-13-3-1-2-6-16(13,7-8-18-15)14(11)10-12;/h4-5,13,15,17-18H,1-3,6-10H2;1H/t13-,15+,16+;/m0./s1. The first kappa shape index (κ1) is 13.4. The zero-order valence-corrected chi connectivity index (χ0v) is 12.2. The lowest BCUT2D eigenvalue weighted by atomic mass is 9.51. The third-order valence-corrected chi connectivity index (χ3v) is 5.84. The molecule has 3 heteroatoms. The monoisotopic (exact) mass is 278 g/mol. The van der Waals surface area contributed by atoms with Crippen molar-refractivity contribution in [1.82, 2.24) is 5.32 Å². The van der Waals surface area contributed by atoms with Gasteiger partial charge in [-0.3, -0.25) is 0 Å². The van der Waals surface area contributed by atoms with Crippen LogP contribution in [0.15, 0.2) is 23.3 Å². The van der Waals surface area contributed by atoms with Gasteiger partial charge in [-0.2, -0.15) is 0 Å². The molecular formula is C16H23ClN2. The zero-order valence-electron chi connectivity index (χ0n) is 11.4. The molecule has 4 rings (SSSR count). The van der Waals surface area contributed by atoms with Gasteiger partial charge in [0.2, 0.25) is 0 Å². The molecule has 2 fully saturated rings. The highest BCUT2D eigenvalue weighted by atomic mass is 35.5. The third-order valence-electron chi connectivity index (χ3n) is 5.84. The molecule has 2 N–H and O–H groups in total. The highest BCUT2D eigenvalue weighted by Crippen LogP contribution is 2.58. The summed E-state index contributed by atoms with van der Waals surface area (Å²) in [6, 6.07) is 0.717. The highest BCUT2D eigenvalue weighted by molar-refractivity contribution is 5.96. The minimum absolute atomic E-state index is 0. The summed E-state index contributed by atoms with van der Waals surface area (Å²) in [4.78, 5) is 0. The van der Waals surface area contributed by atoms with E-state index in [-0.39, 0.29) is 12.4 Å². The van der Waals surface area contributed by atoms with Crippen LogP contribution in [-0.2, 0) is 0 Å². The minimum Gasteiger partial charge on any atom is -0.313 e.